The first-order valence-corrected chi connectivity index (χ1v) is 10.2. The first-order chi connectivity index (χ1) is 13.8. The monoisotopic (exact) mass is 373 g/mol. The molecule has 2 N–H and O–H groups in total. The minimum atomic E-state index is -0.426. The molecule has 0 bridgehead atoms. The van der Waals surface area contributed by atoms with Gasteiger partial charge in [0.25, 0.3) is 0 Å². The first kappa shape index (κ1) is 18.6. The van der Waals surface area contributed by atoms with Crippen LogP contribution in [0.15, 0.2) is 54.7 Å². The van der Waals surface area contributed by atoms with Gasteiger partial charge in [0.1, 0.15) is 5.82 Å². The van der Waals surface area contributed by atoms with Crippen molar-refractivity contribution in [3.63, 3.8) is 0 Å². The summed E-state index contributed by atoms with van der Waals surface area (Å²) in [6.07, 6.45) is 11.3. The highest BCUT2D eigenvalue weighted by atomic mass is 16.3. The molecule has 3 heterocycles. The summed E-state index contributed by atoms with van der Waals surface area (Å²) in [6.45, 7) is 1.02. The van der Waals surface area contributed by atoms with E-state index >= 15 is 0 Å². The van der Waals surface area contributed by atoms with E-state index < -0.39 is 6.10 Å². The van der Waals surface area contributed by atoms with Gasteiger partial charge in [-0.3, -0.25) is 4.98 Å². The third-order valence-electron chi connectivity index (χ3n) is 5.26. The normalized spacial score (nSPS) is 14.8. The predicted octanol–water partition coefficient (Wildman–Crippen LogP) is 4.78. The molecule has 0 radical (unpaired) electrons. The molecule has 1 aliphatic rings. The van der Waals surface area contributed by atoms with Crippen LogP contribution >= 0.6 is 0 Å². The highest BCUT2D eigenvalue weighted by molar-refractivity contribution is 5.80. The number of nitrogens with one attached hydrogen (secondary N) is 1. The van der Waals surface area contributed by atoms with Crippen LogP contribution in [0, 0.1) is 0 Å². The van der Waals surface area contributed by atoms with Crippen molar-refractivity contribution in [2.75, 3.05) is 11.9 Å². The standard InChI is InChI=1S/C24H27N3O/c28-22(14-11-18-16-20-6-1-4-10-23(20)26-17-18)9-3-2-8-21-13-12-19-7-5-15-25-24(19)27-21/h1,4,6,10-14,16-17,22,28H,2-3,5,7-9,15H2,(H,25,27)/b14-11+/t22-/m1/s1. The van der Waals surface area contributed by atoms with E-state index in [0.29, 0.717) is 0 Å². The van der Waals surface area contributed by atoms with Gasteiger partial charge in [-0.25, -0.2) is 4.98 Å². The van der Waals surface area contributed by atoms with Gasteiger partial charge in [0.2, 0.25) is 0 Å². The Bertz CT molecular complexity index is 967. The fourth-order valence-electron chi connectivity index (χ4n) is 3.67. The number of unbranched alkanes of at least 4 members (excludes halogenated alkanes) is 1. The number of nitrogens with zero attached hydrogens (tertiary/aromatic N) is 2. The van der Waals surface area contributed by atoms with Crippen LogP contribution in [-0.2, 0) is 12.8 Å². The molecule has 0 aliphatic carbocycles. The van der Waals surface area contributed by atoms with Crippen LogP contribution in [-0.4, -0.2) is 27.7 Å². The maximum Gasteiger partial charge on any atom is 0.129 e. The summed E-state index contributed by atoms with van der Waals surface area (Å²) in [5, 5.41) is 14.8. The lowest BCUT2D eigenvalue weighted by molar-refractivity contribution is 0.209. The molecule has 4 nitrogen and oxygen atoms in total. The van der Waals surface area contributed by atoms with Gasteiger partial charge in [-0.15, -0.1) is 0 Å². The largest absolute Gasteiger partial charge is 0.389 e. The maximum atomic E-state index is 10.2. The van der Waals surface area contributed by atoms with Crippen molar-refractivity contribution in [3.05, 3.63) is 71.6 Å². The third kappa shape index (κ3) is 4.76. The van der Waals surface area contributed by atoms with Crippen LogP contribution in [0.1, 0.15) is 42.5 Å². The number of hydrogen-bond acceptors (Lipinski definition) is 4. The van der Waals surface area contributed by atoms with Gasteiger partial charge in [-0.05, 0) is 61.4 Å². The van der Waals surface area contributed by atoms with Gasteiger partial charge < -0.3 is 10.4 Å². The molecule has 28 heavy (non-hydrogen) atoms. The summed E-state index contributed by atoms with van der Waals surface area (Å²) in [5.41, 5.74) is 4.48. The number of aliphatic hydroxyl groups is 1. The number of fused-ring (bicyclic) bond motifs is 2. The number of aryl methyl sites for hydroxylation is 2. The molecular formula is C24H27N3O. The Kier molecular flexibility index (Phi) is 5.98. The SMILES string of the molecule is O[C@@H](/C=C/c1cnc2ccccc2c1)CCCCc1ccc2c(n1)NCCC2. The topological polar surface area (TPSA) is 58.0 Å². The Morgan fingerprint density at radius 2 is 2.07 bits per heavy atom. The molecule has 4 heteroatoms. The molecule has 0 saturated carbocycles. The molecule has 0 unspecified atom stereocenters. The molecule has 0 amide bonds. The molecule has 0 spiro atoms. The summed E-state index contributed by atoms with van der Waals surface area (Å²) in [5.74, 6) is 1.07. The molecule has 3 aromatic rings. The average Bonchev–Trinajstić information content (AvgIpc) is 2.75. The van der Waals surface area contributed by atoms with Crippen LogP contribution < -0.4 is 5.32 Å². The van der Waals surface area contributed by atoms with E-state index in [-0.39, 0.29) is 0 Å². The Labute approximate surface area is 166 Å². The second-order valence-electron chi connectivity index (χ2n) is 7.47. The first-order valence-electron chi connectivity index (χ1n) is 10.2. The van der Waals surface area contributed by atoms with Gasteiger partial charge in [-0.2, -0.15) is 0 Å². The van der Waals surface area contributed by atoms with E-state index in [9.17, 15) is 5.11 Å². The van der Waals surface area contributed by atoms with Crippen LogP contribution in [0.2, 0.25) is 0 Å². The van der Waals surface area contributed by atoms with Crippen molar-refractivity contribution in [1.29, 1.82) is 0 Å². The molecule has 144 valence electrons. The van der Waals surface area contributed by atoms with Crippen molar-refractivity contribution in [1.82, 2.24) is 9.97 Å². The molecular weight excluding hydrogens is 346 g/mol. The molecule has 1 aliphatic heterocycles. The fourth-order valence-corrected chi connectivity index (χ4v) is 3.67. The number of hydrogen-bond donors (Lipinski definition) is 2. The van der Waals surface area contributed by atoms with Crippen molar-refractivity contribution < 1.29 is 5.11 Å². The van der Waals surface area contributed by atoms with E-state index in [1.807, 2.05) is 36.5 Å². The van der Waals surface area contributed by atoms with Gasteiger partial charge in [-0.1, -0.05) is 42.8 Å². The Balaban J connectivity index is 1.24. The van der Waals surface area contributed by atoms with Gasteiger partial charge >= 0.3 is 0 Å². The van der Waals surface area contributed by atoms with Crippen molar-refractivity contribution in [2.45, 2.75) is 44.6 Å². The zero-order valence-corrected chi connectivity index (χ0v) is 16.1. The summed E-state index contributed by atoms with van der Waals surface area (Å²) in [7, 11) is 0. The number of aromatic nitrogens is 2. The Hall–Kier alpha value is -2.72. The summed E-state index contributed by atoms with van der Waals surface area (Å²) in [6, 6.07) is 14.5. The lowest BCUT2D eigenvalue weighted by Crippen LogP contribution is -2.14. The molecule has 1 atom stereocenters. The fraction of sp³-hybridized carbons (Fsp3) is 0.333. The molecule has 4 rings (SSSR count). The zero-order chi connectivity index (χ0) is 19.2. The Morgan fingerprint density at radius 3 is 3.04 bits per heavy atom. The number of para-hydroxylation sites is 1. The van der Waals surface area contributed by atoms with Crippen LogP contribution in [0.5, 0.6) is 0 Å². The number of rotatable bonds is 7. The minimum absolute atomic E-state index is 0.426. The molecule has 0 fully saturated rings. The van der Waals surface area contributed by atoms with Crippen molar-refractivity contribution >= 4 is 22.8 Å². The summed E-state index contributed by atoms with van der Waals surface area (Å²) >= 11 is 0. The van der Waals surface area contributed by atoms with E-state index in [0.717, 1.165) is 66.6 Å². The van der Waals surface area contributed by atoms with Crippen LogP contribution in [0.3, 0.4) is 0 Å². The second kappa shape index (κ2) is 8.98. The molecule has 0 saturated heterocycles. The number of aliphatic hydroxyl groups excluding tert-OH is 1. The van der Waals surface area contributed by atoms with Crippen LogP contribution in [0.25, 0.3) is 17.0 Å². The zero-order valence-electron chi connectivity index (χ0n) is 16.1. The van der Waals surface area contributed by atoms with Gasteiger partial charge in [0, 0.05) is 23.8 Å². The number of anilines is 1. The maximum absolute atomic E-state index is 10.2. The predicted molar refractivity (Wildman–Crippen MR) is 115 cm³/mol. The van der Waals surface area contributed by atoms with E-state index in [1.165, 1.54) is 12.0 Å². The van der Waals surface area contributed by atoms with Crippen LogP contribution in [0.4, 0.5) is 5.82 Å². The summed E-state index contributed by atoms with van der Waals surface area (Å²) < 4.78 is 0. The quantitative estimate of drug-likeness (QED) is 0.586. The molecule has 2 aromatic heterocycles. The minimum Gasteiger partial charge on any atom is -0.389 e. The van der Waals surface area contributed by atoms with Gasteiger partial charge in [0.15, 0.2) is 0 Å². The second-order valence-corrected chi connectivity index (χ2v) is 7.47. The van der Waals surface area contributed by atoms with E-state index in [1.54, 1.807) is 0 Å². The van der Waals surface area contributed by atoms with Crippen molar-refractivity contribution in [3.8, 4) is 0 Å². The smallest absolute Gasteiger partial charge is 0.129 e. The Morgan fingerprint density at radius 1 is 1.14 bits per heavy atom. The lowest BCUT2D eigenvalue weighted by Gasteiger charge is -2.17. The highest BCUT2D eigenvalue weighted by Gasteiger charge is 2.10. The average molecular weight is 374 g/mol. The van der Waals surface area contributed by atoms with E-state index in [2.05, 4.69) is 34.6 Å². The van der Waals surface area contributed by atoms with E-state index in [4.69, 9.17) is 4.98 Å². The number of benzene rings is 1. The molecule has 1 aromatic carbocycles. The van der Waals surface area contributed by atoms with Crippen molar-refractivity contribution in [2.24, 2.45) is 0 Å². The number of pyridine rings is 2. The lowest BCUT2D eigenvalue weighted by atomic mass is 10.0. The highest BCUT2D eigenvalue weighted by Crippen LogP contribution is 2.20. The third-order valence-corrected chi connectivity index (χ3v) is 5.26. The van der Waals surface area contributed by atoms with Gasteiger partial charge in [0.05, 0.1) is 11.6 Å². The summed E-state index contributed by atoms with van der Waals surface area (Å²) in [4.78, 5) is 9.19.